The van der Waals surface area contributed by atoms with Crippen LogP contribution in [0, 0.1) is 11.6 Å². The molecule has 0 aliphatic heterocycles. The minimum Gasteiger partial charge on any atom is -0.364 e. The van der Waals surface area contributed by atoms with E-state index in [4.69, 9.17) is 11.6 Å². The first-order chi connectivity index (χ1) is 8.15. The number of halogens is 3. The molecule has 0 saturated heterocycles. The molecule has 0 radical (unpaired) electrons. The number of aromatic nitrogens is 2. The first-order valence-electron chi connectivity index (χ1n) is 4.82. The van der Waals surface area contributed by atoms with Gasteiger partial charge in [-0.05, 0) is 18.2 Å². The number of nitrogens with zero attached hydrogens (tertiary/aromatic N) is 2. The highest BCUT2D eigenvalue weighted by Gasteiger charge is 2.04. The molecule has 0 atom stereocenters. The van der Waals surface area contributed by atoms with Crippen molar-refractivity contribution in [2.75, 3.05) is 5.32 Å². The molecule has 2 rings (SSSR count). The van der Waals surface area contributed by atoms with Crippen molar-refractivity contribution in [3.8, 4) is 0 Å². The largest absolute Gasteiger partial charge is 0.364 e. The van der Waals surface area contributed by atoms with Crippen LogP contribution in [0.4, 0.5) is 14.6 Å². The molecule has 88 valence electrons. The molecule has 0 aliphatic rings. The Kier molecular flexibility index (Phi) is 3.49. The van der Waals surface area contributed by atoms with Gasteiger partial charge in [-0.2, -0.15) is 0 Å². The molecule has 0 fully saturated rings. The highest BCUT2D eigenvalue weighted by molar-refractivity contribution is 6.29. The molecule has 1 aromatic heterocycles. The summed E-state index contributed by atoms with van der Waals surface area (Å²) in [5, 5.41) is 10.5. The van der Waals surface area contributed by atoms with Gasteiger partial charge in [0.05, 0.1) is 0 Å². The zero-order chi connectivity index (χ0) is 12.3. The highest BCUT2D eigenvalue weighted by atomic mass is 35.5. The van der Waals surface area contributed by atoms with Gasteiger partial charge in [-0.15, -0.1) is 10.2 Å². The molecule has 6 heteroatoms. The van der Waals surface area contributed by atoms with Crippen LogP contribution in [-0.2, 0) is 6.54 Å². The smallest absolute Gasteiger partial charge is 0.151 e. The summed E-state index contributed by atoms with van der Waals surface area (Å²) in [5.74, 6) is -0.727. The molecule has 3 nitrogen and oxygen atoms in total. The molecule has 0 saturated carbocycles. The van der Waals surface area contributed by atoms with Crippen molar-refractivity contribution in [2.24, 2.45) is 0 Å². The van der Waals surface area contributed by atoms with Crippen molar-refractivity contribution in [1.82, 2.24) is 10.2 Å². The Balaban J connectivity index is 2.04. The summed E-state index contributed by atoms with van der Waals surface area (Å²) in [4.78, 5) is 0. The van der Waals surface area contributed by atoms with Crippen LogP contribution in [0.1, 0.15) is 5.56 Å². The lowest BCUT2D eigenvalue weighted by molar-refractivity contribution is 0.574. The van der Waals surface area contributed by atoms with E-state index in [1.54, 1.807) is 12.1 Å². The second kappa shape index (κ2) is 5.05. The monoisotopic (exact) mass is 255 g/mol. The summed E-state index contributed by atoms with van der Waals surface area (Å²) in [6.45, 7) is 0.197. The van der Waals surface area contributed by atoms with E-state index in [0.717, 1.165) is 6.07 Å². The minimum absolute atomic E-state index is 0.197. The standard InChI is InChI=1S/C11H8ClF2N3/c12-10-3-4-11(17-16-10)15-6-7-1-2-8(13)5-9(7)14/h1-5H,6H2,(H,15,17). The third kappa shape index (κ3) is 3.10. The Morgan fingerprint density at radius 1 is 1.12 bits per heavy atom. The number of hydrogen-bond acceptors (Lipinski definition) is 3. The molecule has 1 N–H and O–H groups in total. The lowest BCUT2D eigenvalue weighted by atomic mass is 10.2. The van der Waals surface area contributed by atoms with Gasteiger partial charge >= 0.3 is 0 Å². The van der Waals surface area contributed by atoms with Crippen LogP contribution in [0.2, 0.25) is 5.15 Å². The zero-order valence-electron chi connectivity index (χ0n) is 8.62. The molecule has 0 aliphatic carbocycles. The van der Waals surface area contributed by atoms with Gasteiger partial charge in [-0.3, -0.25) is 0 Å². The van der Waals surface area contributed by atoms with Crippen LogP contribution in [0.25, 0.3) is 0 Å². The van der Waals surface area contributed by atoms with E-state index >= 15 is 0 Å². The van der Waals surface area contributed by atoms with Crippen molar-refractivity contribution in [3.63, 3.8) is 0 Å². The van der Waals surface area contributed by atoms with Gasteiger partial charge in [-0.1, -0.05) is 17.7 Å². The van der Waals surface area contributed by atoms with E-state index in [2.05, 4.69) is 15.5 Å². The predicted octanol–water partition coefficient (Wildman–Crippen LogP) is 3.02. The average Bonchev–Trinajstić information content (AvgIpc) is 2.30. The van der Waals surface area contributed by atoms with E-state index in [1.165, 1.54) is 12.1 Å². The normalized spacial score (nSPS) is 10.3. The maximum Gasteiger partial charge on any atom is 0.151 e. The lowest BCUT2D eigenvalue weighted by Gasteiger charge is -2.05. The Bertz CT molecular complexity index is 517. The number of anilines is 1. The summed E-state index contributed by atoms with van der Waals surface area (Å²) >= 11 is 5.57. The fourth-order valence-corrected chi connectivity index (χ4v) is 1.36. The summed E-state index contributed by atoms with van der Waals surface area (Å²) < 4.78 is 25.9. The summed E-state index contributed by atoms with van der Waals surface area (Å²) in [6, 6.07) is 6.61. The van der Waals surface area contributed by atoms with Crippen molar-refractivity contribution in [2.45, 2.75) is 6.54 Å². The number of hydrogen-bond donors (Lipinski definition) is 1. The quantitative estimate of drug-likeness (QED) is 0.916. The van der Waals surface area contributed by atoms with Crippen molar-refractivity contribution in [1.29, 1.82) is 0 Å². The molecular formula is C11H8ClF2N3. The van der Waals surface area contributed by atoms with Crippen LogP contribution in [-0.4, -0.2) is 10.2 Å². The van der Waals surface area contributed by atoms with E-state index in [-0.39, 0.29) is 11.7 Å². The second-order valence-electron chi connectivity index (χ2n) is 3.33. The van der Waals surface area contributed by atoms with Crippen molar-refractivity contribution in [3.05, 3.63) is 52.7 Å². The van der Waals surface area contributed by atoms with Gasteiger partial charge in [0.2, 0.25) is 0 Å². The highest BCUT2D eigenvalue weighted by Crippen LogP contribution is 2.12. The van der Waals surface area contributed by atoms with E-state index in [1.807, 2.05) is 0 Å². The van der Waals surface area contributed by atoms with Crippen LogP contribution >= 0.6 is 11.6 Å². The lowest BCUT2D eigenvalue weighted by Crippen LogP contribution is -2.04. The Morgan fingerprint density at radius 2 is 1.94 bits per heavy atom. The average molecular weight is 256 g/mol. The Labute approximate surface area is 101 Å². The minimum atomic E-state index is -0.600. The first kappa shape index (κ1) is 11.7. The van der Waals surface area contributed by atoms with Gasteiger partial charge in [0, 0.05) is 18.2 Å². The molecule has 2 aromatic rings. The number of rotatable bonds is 3. The van der Waals surface area contributed by atoms with Gasteiger partial charge in [0.1, 0.15) is 17.5 Å². The van der Waals surface area contributed by atoms with Gasteiger partial charge < -0.3 is 5.32 Å². The third-order valence-electron chi connectivity index (χ3n) is 2.11. The van der Waals surface area contributed by atoms with Crippen LogP contribution in [0.15, 0.2) is 30.3 Å². The molecule has 1 heterocycles. The molecule has 0 unspecified atom stereocenters. The zero-order valence-corrected chi connectivity index (χ0v) is 9.38. The third-order valence-corrected chi connectivity index (χ3v) is 2.31. The molecular weight excluding hydrogens is 248 g/mol. The molecule has 0 amide bonds. The maximum atomic E-state index is 13.3. The van der Waals surface area contributed by atoms with E-state index < -0.39 is 11.6 Å². The number of benzene rings is 1. The fourth-order valence-electron chi connectivity index (χ4n) is 1.26. The molecule has 0 spiro atoms. The summed E-state index contributed by atoms with van der Waals surface area (Å²) in [6.07, 6.45) is 0. The first-order valence-corrected chi connectivity index (χ1v) is 5.20. The molecule has 17 heavy (non-hydrogen) atoms. The van der Waals surface area contributed by atoms with Crippen LogP contribution in [0.3, 0.4) is 0 Å². The van der Waals surface area contributed by atoms with Crippen LogP contribution in [0.5, 0.6) is 0 Å². The SMILES string of the molecule is Fc1ccc(CNc2ccc(Cl)nn2)c(F)c1. The molecule has 0 bridgehead atoms. The van der Waals surface area contributed by atoms with E-state index in [0.29, 0.717) is 11.4 Å². The van der Waals surface area contributed by atoms with Crippen molar-refractivity contribution < 1.29 is 8.78 Å². The van der Waals surface area contributed by atoms with E-state index in [9.17, 15) is 8.78 Å². The number of nitrogens with one attached hydrogen (secondary N) is 1. The summed E-state index contributed by atoms with van der Waals surface area (Å²) in [5.41, 5.74) is 0.350. The fraction of sp³-hybridized carbons (Fsp3) is 0.0909. The topological polar surface area (TPSA) is 37.8 Å². The Hall–Kier alpha value is -1.75. The predicted molar refractivity (Wildman–Crippen MR) is 60.7 cm³/mol. The van der Waals surface area contributed by atoms with Gasteiger partial charge in [0.25, 0.3) is 0 Å². The van der Waals surface area contributed by atoms with Crippen LogP contribution < -0.4 is 5.32 Å². The van der Waals surface area contributed by atoms with Gasteiger partial charge in [-0.25, -0.2) is 8.78 Å². The summed E-state index contributed by atoms with van der Waals surface area (Å²) in [7, 11) is 0. The Morgan fingerprint density at radius 3 is 2.59 bits per heavy atom. The second-order valence-corrected chi connectivity index (χ2v) is 3.72. The van der Waals surface area contributed by atoms with Gasteiger partial charge in [0.15, 0.2) is 5.15 Å². The van der Waals surface area contributed by atoms with Crippen molar-refractivity contribution >= 4 is 17.4 Å². The maximum absolute atomic E-state index is 13.3. The molecule has 1 aromatic carbocycles.